The maximum Gasteiger partial charge on any atom is 0.228 e. The van der Waals surface area contributed by atoms with Gasteiger partial charge in [0.25, 0.3) is 0 Å². The minimum absolute atomic E-state index is 0.104. The second kappa shape index (κ2) is 7.00. The fourth-order valence-corrected chi connectivity index (χ4v) is 3.46. The molecule has 1 aromatic carbocycles. The second-order valence-corrected chi connectivity index (χ2v) is 7.01. The van der Waals surface area contributed by atoms with Gasteiger partial charge < -0.3 is 10.6 Å². The van der Waals surface area contributed by atoms with Gasteiger partial charge in [-0.15, -0.1) is 0 Å². The summed E-state index contributed by atoms with van der Waals surface area (Å²) in [5, 5.41) is 13.9. The van der Waals surface area contributed by atoms with Crippen LogP contribution in [-0.4, -0.2) is 32.6 Å². The number of halogens is 1. The Hall–Kier alpha value is -2.93. The lowest BCUT2D eigenvalue weighted by Crippen LogP contribution is -2.13. The maximum atomic E-state index is 12.1. The average molecular weight is 383 g/mol. The molecule has 0 radical (unpaired) electrons. The first-order valence-corrected chi connectivity index (χ1v) is 9.09. The highest BCUT2D eigenvalue weighted by Crippen LogP contribution is 2.34. The van der Waals surface area contributed by atoms with E-state index in [2.05, 4.69) is 30.8 Å². The molecule has 2 aromatic heterocycles. The van der Waals surface area contributed by atoms with Crippen LogP contribution in [0.4, 0.5) is 11.6 Å². The highest BCUT2D eigenvalue weighted by atomic mass is 35.5. The number of rotatable bonds is 4. The molecule has 3 aromatic rings. The number of H-pyrrole nitrogens is 1. The number of hydrogen-bond acceptors (Lipinski definition) is 5. The summed E-state index contributed by atoms with van der Waals surface area (Å²) in [6.45, 7) is 4.69. The van der Waals surface area contributed by atoms with Crippen LogP contribution in [0.3, 0.4) is 0 Å². The van der Waals surface area contributed by atoms with Gasteiger partial charge in [-0.1, -0.05) is 11.6 Å². The van der Waals surface area contributed by atoms with Gasteiger partial charge in [-0.3, -0.25) is 9.89 Å². The monoisotopic (exact) mass is 382 g/mol. The van der Waals surface area contributed by atoms with Crippen molar-refractivity contribution >= 4 is 29.1 Å². The number of nitrogens with one attached hydrogen (secondary N) is 3. The Morgan fingerprint density at radius 3 is 2.93 bits per heavy atom. The number of aromatic nitrogens is 4. The van der Waals surface area contributed by atoms with Crippen LogP contribution in [0.5, 0.6) is 0 Å². The summed E-state index contributed by atoms with van der Waals surface area (Å²) < 4.78 is 0. The molecule has 8 heteroatoms. The molecule has 3 heterocycles. The van der Waals surface area contributed by atoms with Crippen molar-refractivity contribution in [2.24, 2.45) is 0 Å². The van der Waals surface area contributed by atoms with E-state index < -0.39 is 0 Å². The number of anilines is 2. The summed E-state index contributed by atoms with van der Waals surface area (Å²) in [6, 6.07) is 5.40. The minimum atomic E-state index is -0.104. The van der Waals surface area contributed by atoms with Crippen LogP contribution in [0.25, 0.3) is 11.3 Å². The molecule has 4 rings (SSSR count). The normalized spacial score (nSPS) is 12.8. The van der Waals surface area contributed by atoms with E-state index >= 15 is 0 Å². The third-order valence-electron chi connectivity index (χ3n) is 4.67. The lowest BCUT2D eigenvalue weighted by molar-refractivity contribution is -0.115. The Morgan fingerprint density at radius 1 is 1.30 bits per heavy atom. The van der Waals surface area contributed by atoms with Gasteiger partial charge in [0, 0.05) is 34.6 Å². The van der Waals surface area contributed by atoms with Gasteiger partial charge >= 0.3 is 0 Å². The lowest BCUT2D eigenvalue weighted by atomic mass is 10.1. The fourth-order valence-electron chi connectivity index (χ4n) is 3.29. The fraction of sp³-hybridized carbons (Fsp3) is 0.263. The van der Waals surface area contributed by atoms with Crippen molar-refractivity contribution in [3.63, 3.8) is 0 Å². The first-order valence-electron chi connectivity index (χ1n) is 8.71. The Morgan fingerprint density at radius 2 is 2.15 bits per heavy atom. The number of fused-ring (bicyclic) bond motifs is 3. The number of nitrogens with zero attached hydrogens (tertiary/aromatic N) is 3. The third kappa shape index (κ3) is 3.50. The molecule has 0 unspecified atom stereocenters. The standard InChI is InChI=1S/C19H19ClN6O/c1-10-14(11(2)26-25-10)5-6-21-19-22-9-12-7-17(27)23-16-8-13(20)3-4-15(16)18(12)24-19/h3-4,8-9H,5-7H2,1-2H3,(H,23,27)(H,25,26)(H,21,22,24). The van der Waals surface area contributed by atoms with E-state index in [9.17, 15) is 4.79 Å². The zero-order valence-corrected chi connectivity index (χ0v) is 15.8. The molecule has 0 aliphatic carbocycles. The minimum Gasteiger partial charge on any atom is -0.354 e. The van der Waals surface area contributed by atoms with Crippen molar-refractivity contribution in [2.45, 2.75) is 26.7 Å². The summed E-state index contributed by atoms with van der Waals surface area (Å²) in [5.74, 6) is 0.426. The van der Waals surface area contributed by atoms with Crippen LogP contribution >= 0.6 is 11.6 Å². The molecule has 0 spiro atoms. The van der Waals surface area contributed by atoms with Crippen molar-refractivity contribution in [1.82, 2.24) is 20.2 Å². The summed E-state index contributed by atoms with van der Waals surface area (Å²) in [5.41, 5.74) is 6.33. The molecule has 0 atom stereocenters. The van der Waals surface area contributed by atoms with E-state index in [0.717, 1.165) is 34.6 Å². The van der Waals surface area contributed by atoms with Crippen molar-refractivity contribution in [3.8, 4) is 11.3 Å². The SMILES string of the molecule is Cc1n[nH]c(C)c1CCNc1ncc2c(n1)-c1ccc(Cl)cc1NC(=O)C2. The lowest BCUT2D eigenvalue weighted by Gasteiger charge is -2.11. The number of benzene rings is 1. The van der Waals surface area contributed by atoms with Gasteiger partial charge in [-0.25, -0.2) is 9.97 Å². The summed E-state index contributed by atoms with van der Waals surface area (Å²) in [7, 11) is 0. The first kappa shape index (κ1) is 17.5. The Labute approximate surface area is 161 Å². The van der Waals surface area contributed by atoms with E-state index in [4.69, 9.17) is 11.6 Å². The molecule has 0 bridgehead atoms. The number of aryl methyl sites for hydroxylation is 2. The zero-order valence-electron chi connectivity index (χ0n) is 15.1. The third-order valence-corrected chi connectivity index (χ3v) is 4.90. The molecule has 0 fully saturated rings. The van der Waals surface area contributed by atoms with Gasteiger partial charge in [0.05, 0.1) is 23.5 Å². The van der Waals surface area contributed by atoms with Gasteiger partial charge in [0.15, 0.2) is 0 Å². The Balaban J connectivity index is 1.59. The molecule has 1 aliphatic rings. The summed E-state index contributed by atoms with van der Waals surface area (Å²) in [4.78, 5) is 21.2. The average Bonchev–Trinajstić information content (AvgIpc) is 2.87. The maximum absolute atomic E-state index is 12.1. The van der Waals surface area contributed by atoms with Crippen LogP contribution in [-0.2, 0) is 17.6 Å². The smallest absolute Gasteiger partial charge is 0.228 e. The number of amides is 1. The van der Waals surface area contributed by atoms with Gasteiger partial charge in [0.1, 0.15) is 0 Å². The number of hydrogen-bond donors (Lipinski definition) is 3. The van der Waals surface area contributed by atoms with Crippen LogP contribution in [0.1, 0.15) is 22.5 Å². The predicted octanol–water partition coefficient (Wildman–Crippen LogP) is 3.29. The molecule has 27 heavy (non-hydrogen) atoms. The van der Waals surface area contributed by atoms with Crippen molar-refractivity contribution < 1.29 is 4.79 Å². The molecule has 0 saturated carbocycles. The molecule has 7 nitrogen and oxygen atoms in total. The first-order chi connectivity index (χ1) is 13.0. The number of carbonyl (C=O) groups excluding carboxylic acids is 1. The van der Waals surface area contributed by atoms with Crippen LogP contribution in [0, 0.1) is 13.8 Å². The molecular formula is C19H19ClN6O. The van der Waals surface area contributed by atoms with E-state index in [1.807, 2.05) is 19.9 Å². The molecule has 1 amide bonds. The van der Waals surface area contributed by atoms with E-state index in [-0.39, 0.29) is 12.3 Å². The number of carbonyl (C=O) groups is 1. The topological polar surface area (TPSA) is 95.6 Å². The number of aromatic amines is 1. The predicted molar refractivity (Wildman–Crippen MR) is 105 cm³/mol. The largest absolute Gasteiger partial charge is 0.354 e. The van der Waals surface area contributed by atoms with E-state index in [1.165, 1.54) is 5.56 Å². The van der Waals surface area contributed by atoms with Crippen LogP contribution < -0.4 is 10.6 Å². The molecule has 1 aliphatic heterocycles. The highest BCUT2D eigenvalue weighted by molar-refractivity contribution is 6.31. The molecular weight excluding hydrogens is 364 g/mol. The van der Waals surface area contributed by atoms with Gasteiger partial charge in [-0.05, 0) is 44.0 Å². The quantitative estimate of drug-likeness (QED) is 0.643. The van der Waals surface area contributed by atoms with Gasteiger partial charge in [0.2, 0.25) is 11.9 Å². The van der Waals surface area contributed by atoms with E-state index in [0.29, 0.717) is 23.2 Å². The molecule has 3 N–H and O–H groups in total. The van der Waals surface area contributed by atoms with E-state index in [1.54, 1.807) is 18.3 Å². The van der Waals surface area contributed by atoms with Crippen LogP contribution in [0.15, 0.2) is 24.4 Å². The molecule has 0 saturated heterocycles. The van der Waals surface area contributed by atoms with Gasteiger partial charge in [-0.2, -0.15) is 5.10 Å². The molecule has 138 valence electrons. The van der Waals surface area contributed by atoms with Crippen molar-refractivity contribution in [3.05, 3.63) is 51.9 Å². The van der Waals surface area contributed by atoms with Crippen molar-refractivity contribution in [1.29, 1.82) is 0 Å². The van der Waals surface area contributed by atoms with Crippen molar-refractivity contribution in [2.75, 3.05) is 17.2 Å². The highest BCUT2D eigenvalue weighted by Gasteiger charge is 2.21. The van der Waals surface area contributed by atoms with Crippen LogP contribution in [0.2, 0.25) is 5.02 Å². The Bertz CT molecular complexity index is 1010. The summed E-state index contributed by atoms with van der Waals surface area (Å²) in [6.07, 6.45) is 2.76. The Kier molecular flexibility index (Phi) is 4.53. The second-order valence-electron chi connectivity index (χ2n) is 6.57. The summed E-state index contributed by atoms with van der Waals surface area (Å²) >= 11 is 6.07. The zero-order chi connectivity index (χ0) is 19.0.